The van der Waals surface area contributed by atoms with Gasteiger partial charge in [-0.2, -0.15) is 0 Å². The van der Waals surface area contributed by atoms with Crippen molar-refractivity contribution in [3.63, 3.8) is 0 Å². The zero-order chi connectivity index (χ0) is 26.7. The molecule has 36 heavy (non-hydrogen) atoms. The number of carboxylic acids is 1. The largest absolute Gasteiger partial charge is 0.480 e. The molecule has 0 radical (unpaired) electrons. The molecule has 0 aliphatic heterocycles. The minimum Gasteiger partial charge on any atom is -0.480 e. The van der Waals surface area contributed by atoms with Gasteiger partial charge in [0, 0.05) is 13.5 Å². The van der Waals surface area contributed by atoms with E-state index in [2.05, 4.69) is 5.32 Å². The van der Waals surface area contributed by atoms with E-state index in [9.17, 15) is 14.4 Å². The van der Waals surface area contributed by atoms with Gasteiger partial charge in [-0.3, -0.25) is 9.59 Å². The Balaban J connectivity index is 3.27. The Hall–Kier alpha value is -1.91. The maximum atomic E-state index is 11.7. The number of nitrogens with one attached hydrogen (secondary N) is 1. The number of methoxy groups -OCH3 is 1. The second-order valence-corrected chi connectivity index (χ2v) is 7.16. The van der Waals surface area contributed by atoms with Crippen molar-refractivity contribution < 1.29 is 57.4 Å². The van der Waals surface area contributed by atoms with Crippen molar-refractivity contribution in [2.45, 2.75) is 18.9 Å². The quantitative estimate of drug-likeness (QED) is 0.101. The minimum absolute atomic E-state index is 0.0460. The smallest absolute Gasteiger partial charge is 0.326 e. The molecule has 14 heteroatoms. The summed E-state index contributed by atoms with van der Waals surface area (Å²) in [7, 11) is 1.63. The van der Waals surface area contributed by atoms with Crippen molar-refractivity contribution >= 4 is 17.8 Å². The van der Waals surface area contributed by atoms with Crippen LogP contribution in [-0.4, -0.2) is 135 Å². The van der Waals surface area contributed by atoms with Gasteiger partial charge in [0.1, 0.15) is 6.04 Å². The lowest BCUT2D eigenvalue weighted by molar-refractivity contribution is -0.143. The molecule has 1 atom stereocenters. The zero-order valence-corrected chi connectivity index (χ0v) is 21.1. The van der Waals surface area contributed by atoms with E-state index < -0.39 is 30.2 Å². The molecular formula is C22H42N2O12. The van der Waals surface area contributed by atoms with Crippen molar-refractivity contribution in [2.75, 3.05) is 106 Å². The Morgan fingerprint density at radius 3 is 1.28 bits per heavy atom. The van der Waals surface area contributed by atoms with Crippen LogP contribution >= 0.6 is 0 Å². The standard InChI is InChI=1S/C22H42N2O12/c1-29-4-5-31-8-9-33-12-13-35-16-17-36-15-14-34-11-10-32-7-6-30-3-2-21(26)24-19(22(27)28)18-20(23)25/h19H,2-18H2,1H3,(H2,23,25)(H,24,26)(H,27,28). The molecule has 0 aromatic heterocycles. The predicted octanol–water partition coefficient (Wildman–Crippen LogP) is -1.42. The van der Waals surface area contributed by atoms with Gasteiger partial charge in [0.05, 0.1) is 106 Å². The highest BCUT2D eigenvalue weighted by Crippen LogP contribution is 1.94. The molecule has 14 nitrogen and oxygen atoms in total. The Morgan fingerprint density at radius 1 is 0.639 bits per heavy atom. The highest BCUT2D eigenvalue weighted by molar-refractivity contribution is 5.88. The molecule has 1 unspecified atom stereocenters. The van der Waals surface area contributed by atoms with Gasteiger partial charge in [0.2, 0.25) is 11.8 Å². The van der Waals surface area contributed by atoms with Gasteiger partial charge in [0.15, 0.2) is 0 Å². The molecule has 4 N–H and O–H groups in total. The first-order chi connectivity index (χ1) is 17.5. The van der Waals surface area contributed by atoms with Crippen LogP contribution < -0.4 is 11.1 Å². The zero-order valence-electron chi connectivity index (χ0n) is 21.1. The van der Waals surface area contributed by atoms with Crippen LogP contribution in [0.2, 0.25) is 0 Å². The van der Waals surface area contributed by atoms with Crippen LogP contribution in [0.4, 0.5) is 0 Å². The summed E-state index contributed by atoms with van der Waals surface area (Å²) >= 11 is 0. The topological polar surface area (TPSA) is 183 Å². The van der Waals surface area contributed by atoms with Gasteiger partial charge in [-0.25, -0.2) is 4.79 Å². The number of ether oxygens (including phenoxy) is 8. The lowest BCUT2D eigenvalue weighted by Crippen LogP contribution is -2.43. The van der Waals surface area contributed by atoms with Crippen LogP contribution in [0.5, 0.6) is 0 Å². The number of nitrogens with two attached hydrogens (primary N) is 1. The van der Waals surface area contributed by atoms with E-state index in [1.807, 2.05) is 0 Å². The molecule has 0 fully saturated rings. The van der Waals surface area contributed by atoms with Crippen LogP contribution in [0.25, 0.3) is 0 Å². The van der Waals surface area contributed by atoms with E-state index >= 15 is 0 Å². The molecule has 0 aliphatic rings. The number of carbonyl (C=O) groups is 3. The summed E-state index contributed by atoms with van der Waals surface area (Å²) < 4.78 is 42.2. The fourth-order valence-corrected chi connectivity index (χ4v) is 2.40. The molecule has 2 amide bonds. The van der Waals surface area contributed by atoms with Crippen molar-refractivity contribution in [3.8, 4) is 0 Å². The Bertz CT molecular complexity index is 553. The summed E-state index contributed by atoms with van der Waals surface area (Å²) in [5.41, 5.74) is 4.95. The first kappa shape index (κ1) is 34.1. The normalized spacial score (nSPS) is 11.9. The molecule has 0 aromatic carbocycles. The Labute approximate surface area is 211 Å². The number of primary amides is 1. The predicted molar refractivity (Wildman–Crippen MR) is 126 cm³/mol. The second-order valence-electron chi connectivity index (χ2n) is 7.16. The average molecular weight is 527 g/mol. The van der Waals surface area contributed by atoms with Crippen LogP contribution in [0, 0.1) is 0 Å². The first-order valence-electron chi connectivity index (χ1n) is 11.8. The van der Waals surface area contributed by atoms with Gasteiger partial charge < -0.3 is 54.1 Å². The molecule has 0 saturated carbocycles. The molecule has 0 heterocycles. The highest BCUT2D eigenvalue weighted by Gasteiger charge is 2.21. The Morgan fingerprint density at radius 2 is 0.972 bits per heavy atom. The van der Waals surface area contributed by atoms with E-state index in [4.69, 9.17) is 48.7 Å². The van der Waals surface area contributed by atoms with Crippen molar-refractivity contribution in [3.05, 3.63) is 0 Å². The summed E-state index contributed by atoms with van der Waals surface area (Å²) in [5.74, 6) is -2.68. The summed E-state index contributed by atoms with van der Waals surface area (Å²) in [6, 6.07) is -1.34. The van der Waals surface area contributed by atoms with Gasteiger partial charge in [-0.15, -0.1) is 0 Å². The SMILES string of the molecule is COCCOCCOCCOCCOCCOCCOCCOCCC(=O)NC(CC(N)=O)C(=O)O. The maximum Gasteiger partial charge on any atom is 0.326 e. The number of aliphatic carboxylic acids is 1. The van der Waals surface area contributed by atoms with Crippen molar-refractivity contribution in [1.82, 2.24) is 5.32 Å². The van der Waals surface area contributed by atoms with Crippen molar-refractivity contribution in [1.29, 1.82) is 0 Å². The molecule has 212 valence electrons. The minimum atomic E-state index is -1.34. The van der Waals surface area contributed by atoms with Gasteiger partial charge in [-0.05, 0) is 0 Å². The van der Waals surface area contributed by atoms with Crippen LogP contribution in [0.1, 0.15) is 12.8 Å². The lowest BCUT2D eigenvalue weighted by Gasteiger charge is -2.12. The van der Waals surface area contributed by atoms with Crippen LogP contribution in [0.3, 0.4) is 0 Å². The number of carbonyl (C=O) groups excluding carboxylic acids is 2. The fourth-order valence-electron chi connectivity index (χ4n) is 2.40. The number of hydrogen-bond acceptors (Lipinski definition) is 11. The van der Waals surface area contributed by atoms with E-state index in [1.54, 1.807) is 7.11 Å². The lowest BCUT2D eigenvalue weighted by atomic mass is 10.2. The summed E-state index contributed by atoms with van der Waals surface area (Å²) in [6.07, 6.45) is -0.516. The fraction of sp³-hybridized carbons (Fsp3) is 0.864. The van der Waals surface area contributed by atoms with Gasteiger partial charge in [0.25, 0.3) is 0 Å². The number of rotatable bonds is 28. The number of amides is 2. The van der Waals surface area contributed by atoms with Gasteiger partial charge >= 0.3 is 5.97 Å². The molecule has 0 bridgehead atoms. The number of hydrogen-bond donors (Lipinski definition) is 3. The third kappa shape index (κ3) is 25.2. The number of carboxylic acid groups (broad SMARTS) is 1. The van der Waals surface area contributed by atoms with E-state index in [-0.39, 0.29) is 19.6 Å². The third-order valence-corrected chi connectivity index (χ3v) is 4.18. The monoisotopic (exact) mass is 526 g/mol. The maximum absolute atomic E-state index is 11.7. The van der Waals surface area contributed by atoms with Crippen LogP contribution in [-0.2, 0) is 52.3 Å². The molecule has 0 saturated heterocycles. The Kier molecular flexibility index (Phi) is 24.8. The molecular weight excluding hydrogens is 484 g/mol. The molecule has 0 rings (SSSR count). The summed E-state index contributed by atoms with van der Waals surface area (Å²) in [4.78, 5) is 33.4. The highest BCUT2D eigenvalue weighted by atomic mass is 16.6. The van der Waals surface area contributed by atoms with E-state index in [1.165, 1.54) is 0 Å². The molecule has 0 aromatic rings. The summed E-state index contributed by atoms with van der Waals surface area (Å²) in [6.45, 7) is 6.50. The summed E-state index contributed by atoms with van der Waals surface area (Å²) in [5, 5.41) is 11.1. The first-order valence-corrected chi connectivity index (χ1v) is 11.8. The van der Waals surface area contributed by atoms with E-state index in [0.717, 1.165) is 0 Å². The third-order valence-electron chi connectivity index (χ3n) is 4.18. The molecule has 0 spiro atoms. The van der Waals surface area contributed by atoms with Crippen LogP contribution in [0.15, 0.2) is 0 Å². The second kappa shape index (κ2) is 26.2. The van der Waals surface area contributed by atoms with Crippen molar-refractivity contribution in [2.24, 2.45) is 5.73 Å². The average Bonchev–Trinajstić information content (AvgIpc) is 2.83. The van der Waals surface area contributed by atoms with Gasteiger partial charge in [-0.1, -0.05) is 0 Å². The molecule has 0 aliphatic carbocycles. The van der Waals surface area contributed by atoms with E-state index in [0.29, 0.717) is 85.9 Å².